The molecule has 1 unspecified atom stereocenters. The maximum Gasteiger partial charge on any atom is 0.221 e. The van der Waals surface area contributed by atoms with E-state index in [0.717, 1.165) is 47.7 Å². The summed E-state index contributed by atoms with van der Waals surface area (Å²) in [6, 6.07) is 17.5. The summed E-state index contributed by atoms with van der Waals surface area (Å²) in [7, 11) is 0. The third-order valence-corrected chi connectivity index (χ3v) is 6.63. The van der Waals surface area contributed by atoms with Gasteiger partial charge in [0.1, 0.15) is 5.76 Å². The first-order valence-corrected chi connectivity index (χ1v) is 13.2. The number of fused-ring (bicyclic) bond motifs is 1. The summed E-state index contributed by atoms with van der Waals surface area (Å²) >= 11 is 6.19. The van der Waals surface area contributed by atoms with Gasteiger partial charge in [-0.15, -0.1) is 0 Å². The summed E-state index contributed by atoms with van der Waals surface area (Å²) < 4.78 is 5.38. The number of nitrogens with two attached hydrogens (primary N) is 1. The van der Waals surface area contributed by atoms with Crippen LogP contribution in [0.1, 0.15) is 69.5 Å². The van der Waals surface area contributed by atoms with Gasteiger partial charge < -0.3 is 15.5 Å². The molecule has 3 N–H and O–H groups in total. The number of hydrogen-bond donors (Lipinski definition) is 2. The van der Waals surface area contributed by atoms with Gasteiger partial charge in [0.25, 0.3) is 0 Å². The number of pyridine rings is 1. The number of hydrogen-bond acceptors (Lipinski definition) is 6. The number of nitrogens with one attached hydrogen (secondary N) is 1. The number of furan rings is 1. The maximum absolute atomic E-state index is 13.8. The van der Waals surface area contributed by atoms with E-state index in [1.165, 1.54) is 6.08 Å². The van der Waals surface area contributed by atoms with Crippen LogP contribution in [-0.4, -0.2) is 29.6 Å². The molecule has 38 heavy (non-hydrogen) atoms. The number of Topliss-reactive ketones (excluding diaryl/α,β-unsaturated/α-hetero) is 1. The van der Waals surface area contributed by atoms with Gasteiger partial charge in [0.05, 0.1) is 11.6 Å². The van der Waals surface area contributed by atoms with Crippen molar-refractivity contribution in [3.05, 3.63) is 106 Å². The Bertz CT molecular complexity index is 1430. The molecule has 7 heteroatoms. The number of aryl methyl sites for hydroxylation is 1. The number of ketones is 2. The lowest BCUT2D eigenvalue weighted by molar-refractivity contribution is 0.0942. The second-order valence-corrected chi connectivity index (χ2v) is 9.68. The smallest absolute Gasteiger partial charge is 0.221 e. The first-order valence-electron chi connectivity index (χ1n) is 12.9. The minimum atomic E-state index is -0.540. The van der Waals surface area contributed by atoms with Crippen molar-refractivity contribution in [3.8, 4) is 0 Å². The molecule has 6 nitrogen and oxygen atoms in total. The molecular formula is C31H32ClN3O3. The van der Waals surface area contributed by atoms with E-state index < -0.39 is 6.04 Å². The zero-order valence-electron chi connectivity index (χ0n) is 21.5. The average molecular weight is 530 g/mol. The van der Waals surface area contributed by atoms with Crippen molar-refractivity contribution >= 4 is 40.1 Å². The Morgan fingerprint density at radius 1 is 1.03 bits per heavy atom. The van der Waals surface area contributed by atoms with E-state index in [2.05, 4.69) is 10.3 Å². The number of aromatic nitrogens is 1. The van der Waals surface area contributed by atoms with E-state index in [-0.39, 0.29) is 11.6 Å². The fraction of sp³-hybridized carbons (Fsp3) is 0.258. The molecule has 2 heterocycles. The number of unbranched alkanes of at least 4 members (excludes halogenated alkanes) is 3. The molecule has 0 fully saturated rings. The summed E-state index contributed by atoms with van der Waals surface area (Å²) in [6.45, 7) is 3.19. The summed E-state index contributed by atoms with van der Waals surface area (Å²) in [5.74, 6) is 0.743. The van der Waals surface area contributed by atoms with Crippen LogP contribution >= 0.6 is 11.6 Å². The van der Waals surface area contributed by atoms with Crippen molar-refractivity contribution in [1.82, 2.24) is 10.3 Å². The van der Waals surface area contributed by atoms with Crippen molar-refractivity contribution < 1.29 is 14.0 Å². The number of benzene rings is 2. The normalized spacial score (nSPS) is 12.3. The maximum atomic E-state index is 13.8. The van der Waals surface area contributed by atoms with Gasteiger partial charge in [0.15, 0.2) is 11.5 Å². The number of rotatable bonds is 13. The Balaban J connectivity index is 1.54. The minimum absolute atomic E-state index is 0.0351. The number of carbonyl (C=O) groups excluding carboxylic acids is 2. The lowest BCUT2D eigenvalue weighted by Crippen LogP contribution is -2.30. The quantitative estimate of drug-likeness (QED) is 0.113. The third kappa shape index (κ3) is 7.04. The van der Waals surface area contributed by atoms with Crippen LogP contribution in [0.25, 0.3) is 17.0 Å². The van der Waals surface area contributed by atoms with E-state index in [0.29, 0.717) is 35.2 Å². The average Bonchev–Trinajstić information content (AvgIpc) is 3.37. The second-order valence-electron chi connectivity index (χ2n) is 9.25. The molecule has 0 aliphatic heterocycles. The van der Waals surface area contributed by atoms with Gasteiger partial charge in [-0.3, -0.25) is 14.6 Å². The fourth-order valence-corrected chi connectivity index (χ4v) is 4.52. The van der Waals surface area contributed by atoms with E-state index in [1.807, 2.05) is 30.3 Å². The van der Waals surface area contributed by atoms with Gasteiger partial charge in [-0.05, 0) is 80.4 Å². The van der Waals surface area contributed by atoms with Crippen molar-refractivity contribution in [1.29, 1.82) is 0 Å². The predicted molar refractivity (Wildman–Crippen MR) is 153 cm³/mol. The van der Waals surface area contributed by atoms with E-state index in [4.69, 9.17) is 21.8 Å². The Kier molecular flexibility index (Phi) is 9.60. The standard InChI is InChI=1S/C31H32ClN3O3/c1-21-6-15-29(38-21)28(36)14-9-22-7-10-23(11-8-22)31(37)30(35-18-5-3-2-4-17-33)26-16-19-34-27-20-24(32)12-13-25(26)27/h6-16,19-20,30,35H,2-5,17-18,33H2,1H3/b14-9+. The largest absolute Gasteiger partial charge is 0.458 e. The summed E-state index contributed by atoms with van der Waals surface area (Å²) in [5.41, 5.74) is 8.60. The summed E-state index contributed by atoms with van der Waals surface area (Å²) in [6.07, 6.45) is 8.98. The molecule has 4 aromatic rings. The highest BCUT2D eigenvalue weighted by Crippen LogP contribution is 2.28. The molecule has 0 saturated heterocycles. The monoisotopic (exact) mass is 529 g/mol. The SMILES string of the molecule is Cc1ccc(C(=O)/C=C/c2ccc(C(=O)C(NCCCCCCN)c3ccnc4cc(Cl)ccc34)cc2)o1. The van der Waals surface area contributed by atoms with Gasteiger partial charge in [-0.1, -0.05) is 60.9 Å². The van der Waals surface area contributed by atoms with Crippen molar-refractivity contribution in [2.75, 3.05) is 13.1 Å². The molecule has 0 bridgehead atoms. The molecule has 0 radical (unpaired) electrons. The van der Waals surface area contributed by atoms with Crippen molar-refractivity contribution in [2.24, 2.45) is 5.73 Å². The van der Waals surface area contributed by atoms with Crippen LogP contribution in [0.2, 0.25) is 5.02 Å². The van der Waals surface area contributed by atoms with Gasteiger partial charge in [-0.25, -0.2) is 0 Å². The number of halogens is 1. The van der Waals surface area contributed by atoms with E-state index in [1.54, 1.807) is 49.5 Å². The van der Waals surface area contributed by atoms with Crippen LogP contribution < -0.4 is 11.1 Å². The van der Waals surface area contributed by atoms with Crippen LogP contribution in [0.3, 0.4) is 0 Å². The Hall–Kier alpha value is -3.58. The number of allylic oxidation sites excluding steroid dienone is 1. The highest BCUT2D eigenvalue weighted by Gasteiger charge is 2.23. The molecule has 0 saturated carbocycles. The predicted octanol–water partition coefficient (Wildman–Crippen LogP) is 6.72. The van der Waals surface area contributed by atoms with Crippen LogP contribution in [0.15, 0.2) is 77.4 Å². The highest BCUT2D eigenvalue weighted by atomic mass is 35.5. The zero-order valence-corrected chi connectivity index (χ0v) is 22.2. The highest BCUT2D eigenvalue weighted by molar-refractivity contribution is 6.31. The van der Waals surface area contributed by atoms with Gasteiger partial charge in [0.2, 0.25) is 5.78 Å². The first-order chi connectivity index (χ1) is 18.5. The molecule has 0 aliphatic rings. The first kappa shape index (κ1) is 27.5. The van der Waals surface area contributed by atoms with Crippen molar-refractivity contribution in [3.63, 3.8) is 0 Å². The van der Waals surface area contributed by atoms with E-state index >= 15 is 0 Å². The zero-order chi connectivity index (χ0) is 26.9. The van der Waals surface area contributed by atoms with Gasteiger partial charge >= 0.3 is 0 Å². The van der Waals surface area contributed by atoms with Crippen molar-refractivity contribution in [2.45, 2.75) is 38.6 Å². The van der Waals surface area contributed by atoms with Crippen LogP contribution in [-0.2, 0) is 0 Å². The molecule has 1 atom stereocenters. The van der Waals surface area contributed by atoms with Crippen LogP contribution in [0, 0.1) is 6.92 Å². The van der Waals surface area contributed by atoms with Gasteiger partial charge in [-0.2, -0.15) is 0 Å². The lowest BCUT2D eigenvalue weighted by atomic mass is 9.94. The molecule has 2 aromatic heterocycles. The van der Waals surface area contributed by atoms with Crippen LogP contribution in [0.4, 0.5) is 0 Å². The number of carbonyl (C=O) groups is 2. The molecular weight excluding hydrogens is 498 g/mol. The third-order valence-electron chi connectivity index (χ3n) is 6.40. The van der Waals surface area contributed by atoms with E-state index in [9.17, 15) is 9.59 Å². The molecule has 0 amide bonds. The summed E-state index contributed by atoms with van der Waals surface area (Å²) in [4.78, 5) is 30.5. The van der Waals surface area contributed by atoms with Crippen LogP contribution in [0.5, 0.6) is 0 Å². The Morgan fingerprint density at radius 3 is 2.55 bits per heavy atom. The molecule has 196 valence electrons. The molecule has 2 aromatic carbocycles. The van der Waals surface area contributed by atoms with Gasteiger partial charge in [0, 0.05) is 22.2 Å². The molecule has 0 spiro atoms. The Labute approximate surface area is 227 Å². The fourth-order valence-electron chi connectivity index (χ4n) is 4.35. The number of nitrogens with zero attached hydrogens (tertiary/aromatic N) is 1. The topological polar surface area (TPSA) is 98.2 Å². The Morgan fingerprint density at radius 2 is 1.82 bits per heavy atom. The minimum Gasteiger partial charge on any atom is -0.458 e. The lowest BCUT2D eigenvalue weighted by Gasteiger charge is -2.20. The molecule has 4 rings (SSSR count). The summed E-state index contributed by atoms with van der Waals surface area (Å²) in [5, 5.41) is 4.97. The second kappa shape index (κ2) is 13.3. The molecule has 0 aliphatic carbocycles.